The molecule has 37 heavy (non-hydrogen) atoms. The number of aliphatic carboxylic acids is 1. The molecule has 0 bridgehead atoms. The highest BCUT2D eigenvalue weighted by Crippen LogP contribution is 2.42. The van der Waals surface area contributed by atoms with Crippen molar-refractivity contribution >= 4 is 28.5 Å². The summed E-state index contributed by atoms with van der Waals surface area (Å²) >= 11 is 6.33. The number of fused-ring (bicyclic) bond motifs is 1. The zero-order chi connectivity index (χ0) is 26.6. The van der Waals surface area contributed by atoms with E-state index in [0.717, 1.165) is 0 Å². The predicted octanol–water partition coefficient (Wildman–Crippen LogP) is 6.77. The Morgan fingerprint density at radius 1 is 1.22 bits per heavy atom. The van der Waals surface area contributed by atoms with Crippen molar-refractivity contribution < 1.29 is 27.8 Å². The molecule has 0 saturated carbocycles. The van der Waals surface area contributed by atoms with Crippen LogP contribution >= 0.6 is 11.6 Å². The van der Waals surface area contributed by atoms with E-state index >= 15 is 4.39 Å². The molecule has 0 radical (unpaired) electrons. The van der Waals surface area contributed by atoms with Crippen LogP contribution in [0.1, 0.15) is 49.4 Å². The smallest absolute Gasteiger partial charge is 0.309 e. The number of methoxy groups -OCH3 is 1. The maximum atomic E-state index is 15.6. The molecule has 1 saturated heterocycles. The number of aromatic nitrogens is 1. The predicted molar refractivity (Wildman–Crippen MR) is 137 cm³/mol. The summed E-state index contributed by atoms with van der Waals surface area (Å²) in [6.07, 6.45) is 1.71. The van der Waals surface area contributed by atoms with E-state index in [2.05, 4.69) is 9.88 Å². The number of benzene rings is 2. The van der Waals surface area contributed by atoms with Gasteiger partial charge in [0.2, 0.25) is 0 Å². The van der Waals surface area contributed by atoms with E-state index in [1.807, 2.05) is 0 Å². The summed E-state index contributed by atoms with van der Waals surface area (Å²) in [4.78, 5) is 18.7. The Morgan fingerprint density at radius 2 is 1.92 bits per heavy atom. The molecule has 1 N–H and O–H groups in total. The van der Waals surface area contributed by atoms with Crippen molar-refractivity contribution in [2.24, 2.45) is 5.41 Å². The van der Waals surface area contributed by atoms with E-state index in [1.165, 1.54) is 31.5 Å². The lowest BCUT2D eigenvalue weighted by molar-refractivity contribution is -0.153. The fraction of sp³-hybridized carbons (Fsp3) is 0.429. The van der Waals surface area contributed by atoms with Crippen LogP contribution in [0.25, 0.3) is 10.9 Å². The number of carboxylic acid groups (broad SMARTS) is 1. The van der Waals surface area contributed by atoms with Crippen molar-refractivity contribution in [2.75, 3.05) is 26.7 Å². The maximum Gasteiger partial charge on any atom is 0.309 e. The summed E-state index contributed by atoms with van der Waals surface area (Å²) in [6.45, 7) is 1.66. The highest BCUT2D eigenvalue weighted by molar-refractivity contribution is 6.32. The molecule has 2 heterocycles. The van der Waals surface area contributed by atoms with E-state index in [4.69, 9.17) is 16.3 Å². The second-order valence-corrected chi connectivity index (χ2v) is 10.0. The zero-order valence-corrected chi connectivity index (χ0v) is 21.4. The average molecular weight is 535 g/mol. The summed E-state index contributed by atoms with van der Waals surface area (Å²) in [6, 6.07) is 8.99. The van der Waals surface area contributed by atoms with Crippen molar-refractivity contribution in [3.05, 3.63) is 70.4 Å². The minimum atomic E-state index is -1.46. The van der Waals surface area contributed by atoms with Gasteiger partial charge in [-0.2, -0.15) is 0 Å². The number of hydrogen-bond donors (Lipinski definition) is 1. The summed E-state index contributed by atoms with van der Waals surface area (Å²) in [5.74, 6) is -1.48. The molecule has 1 aromatic heterocycles. The van der Waals surface area contributed by atoms with E-state index in [-0.39, 0.29) is 29.8 Å². The van der Waals surface area contributed by atoms with E-state index in [1.54, 1.807) is 18.2 Å². The summed E-state index contributed by atoms with van der Waals surface area (Å²) < 4.78 is 48.6. The van der Waals surface area contributed by atoms with Crippen molar-refractivity contribution in [3.63, 3.8) is 0 Å². The standard InChI is InChI=1S/C28H30ClF3N2O3/c1-37-18-7-8-25-20(16-18)26(21(29)17-33-25)24(32)9-10-28(27(35)36)11-14-34(15-12-28)13-3-4-19-22(30)5-2-6-23(19)31/h2,5-8,16-17,24H,3-4,9-15H2,1H3,(H,35,36)/t24-/m0/s1. The molecule has 1 aliphatic rings. The van der Waals surface area contributed by atoms with Crippen molar-refractivity contribution in [3.8, 4) is 5.75 Å². The zero-order valence-electron chi connectivity index (χ0n) is 20.7. The SMILES string of the molecule is COc1ccc2ncc(Cl)c([C@@H](F)CCC3(C(=O)O)CCN(CCCc4c(F)cccc4F)CC3)c2c1. The lowest BCUT2D eigenvalue weighted by atomic mass is 9.74. The molecule has 5 nitrogen and oxygen atoms in total. The van der Waals surface area contributed by atoms with E-state index < -0.39 is 29.2 Å². The van der Waals surface area contributed by atoms with Crippen LogP contribution < -0.4 is 4.74 Å². The number of pyridine rings is 1. The third kappa shape index (κ3) is 6.02. The number of carboxylic acids is 1. The summed E-state index contributed by atoms with van der Waals surface area (Å²) in [5, 5.41) is 10.8. The number of hydrogen-bond acceptors (Lipinski definition) is 4. The van der Waals surface area contributed by atoms with Gasteiger partial charge in [-0.05, 0) is 88.5 Å². The first-order valence-electron chi connectivity index (χ1n) is 12.4. The molecule has 1 aliphatic heterocycles. The lowest BCUT2D eigenvalue weighted by Crippen LogP contribution is -2.44. The number of likely N-dealkylation sites (tertiary alicyclic amines) is 1. The lowest BCUT2D eigenvalue weighted by Gasteiger charge is -2.39. The van der Waals surface area contributed by atoms with Crippen LogP contribution in [-0.2, 0) is 11.2 Å². The molecule has 4 rings (SSSR count). The number of alkyl halides is 1. The summed E-state index contributed by atoms with van der Waals surface area (Å²) in [7, 11) is 1.52. The van der Waals surface area contributed by atoms with Crippen LogP contribution in [0.15, 0.2) is 42.6 Å². The Morgan fingerprint density at radius 3 is 2.57 bits per heavy atom. The number of nitrogens with zero attached hydrogens (tertiary/aromatic N) is 2. The first kappa shape index (κ1) is 27.2. The fourth-order valence-electron chi connectivity index (χ4n) is 5.19. The van der Waals surface area contributed by atoms with Crippen LogP contribution in [0.3, 0.4) is 0 Å². The molecule has 1 fully saturated rings. The Bertz CT molecular complexity index is 1240. The Hall–Kier alpha value is -2.84. The first-order chi connectivity index (χ1) is 17.7. The molecule has 0 amide bonds. The van der Waals surface area contributed by atoms with Gasteiger partial charge in [0.25, 0.3) is 0 Å². The third-order valence-electron chi connectivity index (χ3n) is 7.49. The average Bonchev–Trinajstić information content (AvgIpc) is 2.89. The highest BCUT2D eigenvalue weighted by atomic mass is 35.5. The van der Waals surface area contributed by atoms with Gasteiger partial charge < -0.3 is 14.7 Å². The minimum absolute atomic E-state index is 0.00883. The Kier molecular flexibility index (Phi) is 8.60. The maximum absolute atomic E-state index is 15.6. The molecule has 198 valence electrons. The topological polar surface area (TPSA) is 62.7 Å². The second-order valence-electron chi connectivity index (χ2n) is 9.64. The van der Waals surface area contributed by atoms with Gasteiger partial charge in [0, 0.05) is 22.7 Å². The number of rotatable bonds is 10. The Balaban J connectivity index is 1.38. The molecule has 1 atom stereocenters. The molecule has 0 unspecified atom stereocenters. The third-order valence-corrected chi connectivity index (χ3v) is 7.79. The largest absolute Gasteiger partial charge is 0.497 e. The molecule has 2 aromatic carbocycles. The van der Waals surface area contributed by atoms with Crippen LogP contribution in [0, 0.1) is 17.0 Å². The van der Waals surface area contributed by atoms with Gasteiger partial charge in [-0.15, -0.1) is 0 Å². The van der Waals surface area contributed by atoms with Crippen LogP contribution in [0.2, 0.25) is 5.02 Å². The van der Waals surface area contributed by atoms with Crippen LogP contribution in [-0.4, -0.2) is 47.7 Å². The van der Waals surface area contributed by atoms with Crippen molar-refractivity contribution in [2.45, 2.75) is 44.7 Å². The first-order valence-corrected chi connectivity index (χ1v) is 12.8. The monoisotopic (exact) mass is 534 g/mol. The van der Waals surface area contributed by atoms with Crippen molar-refractivity contribution in [1.82, 2.24) is 9.88 Å². The van der Waals surface area contributed by atoms with Gasteiger partial charge in [0.15, 0.2) is 0 Å². The van der Waals surface area contributed by atoms with Gasteiger partial charge in [-0.3, -0.25) is 9.78 Å². The van der Waals surface area contributed by atoms with Crippen molar-refractivity contribution in [1.29, 1.82) is 0 Å². The molecular weight excluding hydrogens is 505 g/mol. The molecule has 3 aromatic rings. The normalized spacial score (nSPS) is 16.6. The van der Waals surface area contributed by atoms with Crippen LogP contribution in [0.4, 0.5) is 13.2 Å². The quantitative estimate of drug-likeness (QED) is 0.311. The number of ether oxygens (including phenoxy) is 1. The van der Waals surface area contributed by atoms with Crippen LogP contribution in [0.5, 0.6) is 5.75 Å². The summed E-state index contributed by atoms with van der Waals surface area (Å²) in [5.41, 5.74) is -0.0811. The van der Waals surface area contributed by atoms with E-state index in [9.17, 15) is 18.7 Å². The second kappa shape index (κ2) is 11.7. The molecule has 9 heteroatoms. The molecular formula is C28H30ClF3N2O3. The van der Waals surface area contributed by atoms with Gasteiger partial charge in [-0.1, -0.05) is 17.7 Å². The number of halogens is 4. The number of piperidine rings is 1. The minimum Gasteiger partial charge on any atom is -0.497 e. The fourth-order valence-corrected chi connectivity index (χ4v) is 5.46. The van der Waals surface area contributed by atoms with Gasteiger partial charge in [0.1, 0.15) is 23.6 Å². The molecule has 0 spiro atoms. The Labute approximate surface area is 219 Å². The van der Waals surface area contributed by atoms with Gasteiger partial charge >= 0.3 is 5.97 Å². The number of carbonyl (C=O) groups is 1. The van der Waals surface area contributed by atoms with Gasteiger partial charge in [0.05, 0.1) is 23.1 Å². The van der Waals surface area contributed by atoms with E-state index in [0.29, 0.717) is 61.1 Å². The van der Waals surface area contributed by atoms with Gasteiger partial charge in [-0.25, -0.2) is 13.2 Å². The molecule has 0 aliphatic carbocycles. The highest BCUT2D eigenvalue weighted by Gasteiger charge is 2.41.